The Morgan fingerprint density at radius 1 is 1.07 bits per heavy atom. The van der Waals surface area contributed by atoms with Gasteiger partial charge in [0.1, 0.15) is 12.1 Å². The van der Waals surface area contributed by atoms with Gasteiger partial charge in [0.05, 0.1) is 0 Å². The fourth-order valence-electron chi connectivity index (χ4n) is 4.08. The minimum atomic E-state index is -0.156. The number of benzene rings is 2. The summed E-state index contributed by atoms with van der Waals surface area (Å²) in [5, 5.41) is 3.69. The van der Waals surface area contributed by atoms with Crippen LogP contribution in [0.25, 0.3) is 0 Å². The van der Waals surface area contributed by atoms with Crippen LogP contribution in [0.5, 0.6) is 0 Å². The maximum absolute atomic E-state index is 13.0. The van der Waals surface area contributed by atoms with Crippen molar-refractivity contribution in [1.82, 2.24) is 10.2 Å². The molecule has 1 heterocycles. The number of hydrogen-bond acceptors (Lipinski definition) is 3. The highest BCUT2D eigenvalue weighted by molar-refractivity contribution is 5.74. The molecular weight excluding hydrogens is 339 g/mol. The predicted molar refractivity (Wildman–Crippen MR) is 106 cm³/mol. The smallest absolute Gasteiger partial charge is 0.150 e. The van der Waals surface area contributed by atoms with Gasteiger partial charge in [0.2, 0.25) is 0 Å². The molecule has 1 N–H and O–H groups in total. The molecular formula is C23H27FN2O. The van der Waals surface area contributed by atoms with Crippen molar-refractivity contribution in [2.24, 2.45) is 5.92 Å². The minimum absolute atomic E-state index is 0.156. The molecule has 2 fully saturated rings. The zero-order valence-corrected chi connectivity index (χ0v) is 15.6. The highest BCUT2D eigenvalue weighted by Crippen LogP contribution is 2.40. The Morgan fingerprint density at radius 3 is 2.52 bits per heavy atom. The predicted octanol–water partition coefficient (Wildman–Crippen LogP) is 3.65. The Morgan fingerprint density at radius 2 is 1.81 bits per heavy atom. The van der Waals surface area contributed by atoms with Crippen LogP contribution in [0.15, 0.2) is 48.5 Å². The molecule has 27 heavy (non-hydrogen) atoms. The number of hydrogen-bond donors (Lipinski definition) is 1. The van der Waals surface area contributed by atoms with Crippen LogP contribution in [0.1, 0.15) is 40.2 Å². The summed E-state index contributed by atoms with van der Waals surface area (Å²) in [6, 6.07) is 15.4. The number of halogens is 1. The van der Waals surface area contributed by atoms with E-state index in [4.69, 9.17) is 0 Å². The van der Waals surface area contributed by atoms with Crippen molar-refractivity contribution in [3.8, 4) is 0 Å². The highest BCUT2D eigenvalue weighted by Gasteiger charge is 2.39. The molecule has 4 rings (SSSR count). The summed E-state index contributed by atoms with van der Waals surface area (Å²) < 4.78 is 13.0. The van der Waals surface area contributed by atoms with Gasteiger partial charge in [0, 0.05) is 37.2 Å². The highest BCUT2D eigenvalue weighted by atomic mass is 19.1. The van der Waals surface area contributed by atoms with E-state index in [0.717, 1.165) is 43.7 Å². The van der Waals surface area contributed by atoms with Crippen molar-refractivity contribution < 1.29 is 9.18 Å². The van der Waals surface area contributed by atoms with Crippen molar-refractivity contribution in [3.05, 3.63) is 71.0 Å². The van der Waals surface area contributed by atoms with E-state index in [1.807, 2.05) is 24.3 Å². The van der Waals surface area contributed by atoms with E-state index >= 15 is 0 Å². The van der Waals surface area contributed by atoms with Crippen LogP contribution >= 0.6 is 0 Å². The average molecular weight is 366 g/mol. The van der Waals surface area contributed by atoms with Gasteiger partial charge in [-0.25, -0.2) is 4.39 Å². The number of aldehydes is 1. The van der Waals surface area contributed by atoms with Crippen LogP contribution in [0.2, 0.25) is 0 Å². The van der Waals surface area contributed by atoms with Gasteiger partial charge in [-0.1, -0.05) is 36.4 Å². The van der Waals surface area contributed by atoms with Gasteiger partial charge in [-0.2, -0.15) is 0 Å². The second kappa shape index (κ2) is 8.32. The molecule has 2 aromatic carbocycles. The Bertz CT molecular complexity index is 753. The van der Waals surface area contributed by atoms with Gasteiger partial charge in [-0.3, -0.25) is 4.79 Å². The molecule has 0 amide bonds. The van der Waals surface area contributed by atoms with Crippen molar-refractivity contribution >= 4 is 6.29 Å². The number of nitrogens with one attached hydrogen (secondary N) is 1. The van der Waals surface area contributed by atoms with E-state index in [1.54, 1.807) is 12.1 Å². The van der Waals surface area contributed by atoms with Gasteiger partial charge in [0.25, 0.3) is 0 Å². The Labute approximate surface area is 160 Å². The molecule has 1 saturated carbocycles. The summed E-state index contributed by atoms with van der Waals surface area (Å²) in [6.07, 6.45) is 4.29. The number of aryl methyl sites for hydroxylation is 1. The van der Waals surface area contributed by atoms with Crippen LogP contribution in [0, 0.1) is 11.7 Å². The van der Waals surface area contributed by atoms with Crippen LogP contribution < -0.4 is 5.32 Å². The molecule has 4 heteroatoms. The normalized spacial score (nSPS) is 22.4. The average Bonchev–Trinajstić information content (AvgIpc) is 3.43. The lowest BCUT2D eigenvalue weighted by atomic mass is 9.99. The molecule has 1 aliphatic heterocycles. The summed E-state index contributed by atoms with van der Waals surface area (Å²) >= 11 is 0. The first-order chi connectivity index (χ1) is 13.2. The Hall–Kier alpha value is -2.04. The maximum atomic E-state index is 13.0. The SMILES string of the molecule is O=Cc1ccc(CCCN2CC(CNC3CC3c3ccc(F)cc3)C2)cc1. The molecule has 0 spiro atoms. The zero-order chi connectivity index (χ0) is 18.6. The number of likely N-dealkylation sites (tertiary alicyclic amines) is 1. The summed E-state index contributed by atoms with van der Waals surface area (Å²) in [6.45, 7) is 4.61. The number of carbonyl (C=O) groups excluding carboxylic acids is 1. The van der Waals surface area contributed by atoms with E-state index in [0.29, 0.717) is 12.0 Å². The number of nitrogens with zero attached hydrogens (tertiary/aromatic N) is 1. The first kappa shape index (κ1) is 18.3. The van der Waals surface area contributed by atoms with Crippen LogP contribution in [-0.4, -0.2) is 43.4 Å². The van der Waals surface area contributed by atoms with Gasteiger partial charge in [-0.05, 0) is 55.0 Å². The van der Waals surface area contributed by atoms with Crippen molar-refractivity contribution in [1.29, 1.82) is 0 Å². The van der Waals surface area contributed by atoms with Gasteiger partial charge >= 0.3 is 0 Å². The molecule has 2 aliphatic rings. The topological polar surface area (TPSA) is 32.3 Å². The lowest BCUT2D eigenvalue weighted by Gasteiger charge is -2.39. The second-order valence-corrected chi connectivity index (χ2v) is 8.00. The number of carbonyl (C=O) groups is 1. The Balaban J connectivity index is 1.08. The van der Waals surface area contributed by atoms with E-state index in [2.05, 4.69) is 22.3 Å². The molecule has 2 unspecified atom stereocenters. The fraction of sp³-hybridized carbons (Fsp3) is 0.435. The van der Waals surface area contributed by atoms with E-state index in [1.165, 1.54) is 30.6 Å². The second-order valence-electron chi connectivity index (χ2n) is 8.00. The van der Waals surface area contributed by atoms with Crippen molar-refractivity contribution in [3.63, 3.8) is 0 Å². The molecule has 0 bridgehead atoms. The first-order valence-corrected chi connectivity index (χ1v) is 9.96. The van der Waals surface area contributed by atoms with Gasteiger partial charge in [0.15, 0.2) is 0 Å². The monoisotopic (exact) mass is 366 g/mol. The summed E-state index contributed by atoms with van der Waals surface area (Å²) in [7, 11) is 0. The zero-order valence-electron chi connectivity index (χ0n) is 15.6. The third kappa shape index (κ3) is 4.82. The minimum Gasteiger partial charge on any atom is -0.313 e. The van der Waals surface area contributed by atoms with E-state index in [-0.39, 0.29) is 5.82 Å². The quantitative estimate of drug-likeness (QED) is 0.688. The summed E-state index contributed by atoms with van der Waals surface area (Å²) in [5.74, 6) is 1.16. The Kier molecular flexibility index (Phi) is 5.65. The molecule has 2 atom stereocenters. The van der Waals surface area contributed by atoms with Crippen molar-refractivity contribution in [2.45, 2.75) is 31.2 Å². The molecule has 3 nitrogen and oxygen atoms in total. The molecule has 1 saturated heterocycles. The van der Waals surface area contributed by atoms with Gasteiger partial charge < -0.3 is 10.2 Å². The summed E-state index contributed by atoms with van der Waals surface area (Å²) in [4.78, 5) is 13.2. The maximum Gasteiger partial charge on any atom is 0.150 e. The van der Waals surface area contributed by atoms with Crippen LogP contribution in [-0.2, 0) is 6.42 Å². The molecule has 2 aromatic rings. The van der Waals surface area contributed by atoms with E-state index in [9.17, 15) is 9.18 Å². The third-order valence-corrected chi connectivity index (χ3v) is 5.85. The third-order valence-electron chi connectivity index (χ3n) is 5.85. The van der Waals surface area contributed by atoms with E-state index < -0.39 is 0 Å². The van der Waals surface area contributed by atoms with Crippen LogP contribution in [0.4, 0.5) is 4.39 Å². The first-order valence-electron chi connectivity index (χ1n) is 9.96. The molecule has 0 aromatic heterocycles. The van der Waals surface area contributed by atoms with Gasteiger partial charge in [-0.15, -0.1) is 0 Å². The molecule has 1 aliphatic carbocycles. The fourth-order valence-corrected chi connectivity index (χ4v) is 4.08. The lowest BCUT2D eigenvalue weighted by Crippen LogP contribution is -2.51. The lowest BCUT2D eigenvalue weighted by molar-refractivity contribution is 0.0982. The molecule has 142 valence electrons. The van der Waals surface area contributed by atoms with Crippen molar-refractivity contribution in [2.75, 3.05) is 26.2 Å². The summed E-state index contributed by atoms with van der Waals surface area (Å²) in [5.41, 5.74) is 3.30. The number of rotatable bonds is 9. The standard InChI is InChI=1S/C23H27FN2O/c24-21-9-7-20(8-10-21)22-12-23(22)25-13-19-14-26(15-19)11-1-2-17-3-5-18(16-27)6-4-17/h3-10,16,19,22-23,25H,1-2,11-15H2. The van der Waals surface area contributed by atoms with Crippen LogP contribution in [0.3, 0.4) is 0 Å². The molecule has 0 radical (unpaired) electrons. The largest absolute Gasteiger partial charge is 0.313 e.